The summed E-state index contributed by atoms with van der Waals surface area (Å²) in [7, 11) is 1.68. The SMILES string of the molecule is Cc1ccc(C(=O)NC(C(=O)O)c2cnn(C)c2)c2ncccc12. The Morgan fingerprint density at radius 2 is 2.08 bits per heavy atom. The maximum atomic E-state index is 12.6. The summed E-state index contributed by atoms with van der Waals surface area (Å²) < 4.78 is 1.49. The number of amides is 1. The van der Waals surface area contributed by atoms with E-state index >= 15 is 0 Å². The van der Waals surface area contributed by atoms with Gasteiger partial charge in [-0.25, -0.2) is 4.79 Å². The van der Waals surface area contributed by atoms with Gasteiger partial charge in [0, 0.05) is 30.4 Å². The summed E-state index contributed by atoms with van der Waals surface area (Å²) in [6, 6.07) is 5.98. The molecule has 3 aromatic rings. The first-order chi connectivity index (χ1) is 11.5. The number of carboxylic acids is 1. The van der Waals surface area contributed by atoms with E-state index in [-0.39, 0.29) is 0 Å². The van der Waals surface area contributed by atoms with Crippen LogP contribution in [0.15, 0.2) is 42.9 Å². The van der Waals surface area contributed by atoms with Gasteiger partial charge in [0.25, 0.3) is 5.91 Å². The molecule has 0 aliphatic rings. The number of nitrogens with zero attached hydrogens (tertiary/aromatic N) is 3. The van der Waals surface area contributed by atoms with E-state index in [4.69, 9.17) is 0 Å². The van der Waals surface area contributed by atoms with Crippen molar-refractivity contribution < 1.29 is 14.7 Å². The monoisotopic (exact) mass is 324 g/mol. The standard InChI is InChI=1S/C17H16N4O3/c1-10-5-6-13(15-12(10)4-3-7-18-15)16(22)20-14(17(23)24)11-8-19-21(2)9-11/h3-9,14H,1-2H3,(H,20,22)(H,23,24). The van der Waals surface area contributed by atoms with Gasteiger partial charge in [-0.05, 0) is 24.6 Å². The largest absolute Gasteiger partial charge is 0.479 e. The normalized spacial score (nSPS) is 12.1. The molecule has 0 fully saturated rings. The highest BCUT2D eigenvalue weighted by molar-refractivity contribution is 6.07. The number of hydrogen-bond acceptors (Lipinski definition) is 4. The minimum absolute atomic E-state index is 0.339. The molecule has 0 aliphatic heterocycles. The summed E-state index contributed by atoms with van der Waals surface area (Å²) in [4.78, 5) is 28.4. The molecule has 1 atom stereocenters. The van der Waals surface area contributed by atoms with E-state index in [2.05, 4.69) is 15.4 Å². The van der Waals surface area contributed by atoms with Gasteiger partial charge in [-0.3, -0.25) is 14.5 Å². The van der Waals surface area contributed by atoms with Crippen molar-refractivity contribution in [3.8, 4) is 0 Å². The van der Waals surface area contributed by atoms with E-state index in [0.717, 1.165) is 10.9 Å². The smallest absolute Gasteiger partial charge is 0.331 e. The molecule has 0 saturated carbocycles. The molecule has 7 heteroatoms. The van der Waals surface area contributed by atoms with Gasteiger partial charge in [-0.1, -0.05) is 12.1 Å². The molecule has 3 rings (SSSR count). The highest BCUT2D eigenvalue weighted by Gasteiger charge is 2.25. The van der Waals surface area contributed by atoms with Gasteiger partial charge in [0.2, 0.25) is 0 Å². The molecule has 0 radical (unpaired) electrons. The number of rotatable bonds is 4. The van der Waals surface area contributed by atoms with Crippen LogP contribution in [0.3, 0.4) is 0 Å². The highest BCUT2D eigenvalue weighted by Crippen LogP contribution is 2.21. The molecule has 1 amide bonds. The molecule has 1 aromatic carbocycles. The van der Waals surface area contributed by atoms with Crippen LogP contribution in [0.1, 0.15) is 27.5 Å². The molecule has 24 heavy (non-hydrogen) atoms. The first kappa shape index (κ1) is 15.7. The number of carbonyl (C=O) groups excluding carboxylic acids is 1. The Kier molecular flexibility index (Phi) is 3.99. The second kappa shape index (κ2) is 6.11. The van der Waals surface area contributed by atoms with Crippen LogP contribution < -0.4 is 5.32 Å². The number of carbonyl (C=O) groups is 2. The van der Waals surface area contributed by atoms with Crippen molar-refractivity contribution in [2.24, 2.45) is 7.05 Å². The molecule has 2 heterocycles. The lowest BCUT2D eigenvalue weighted by Gasteiger charge is -2.14. The first-order valence-corrected chi connectivity index (χ1v) is 7.34. The average Bonchev–Trinajstić information content (AvgIpc) is 2.99. The zero-order valence-corrected chi connectivity index (χ0v) is 13.2. The Hall–Kier alpha value is -3.22. The molecule has 2 N–H and O–H groups in total. The van der Waals surface area contributed by atoms with Crippen molar-refractivity contribution in [2.75, 3.05) is 0 Å². The summed E-state index contributed by atoms with van der Waals surface area (Å²) in [5.74, 6) is -1.64. The van der Waals surface area contributed by atoms with Crippen molar-refractivity contribution in [1.82, 2.24) is 20.1 Å². The fraction of sp³-hybridized carbons (Fsp3) is 0.176. The molecule has 1 unspecified atom stereocenters. The zero-order valence-electron chi connectivity index (χ0n) is 13.2. The van der Waals surface area contributed by atoms with Crippen LogP contribution in [0, 0.1) is 6.92 Å². The van der Waals surface area contributed by atoms with Crippen LogP contribution in [-0.2, 0) is 11.8 Å². The van der Waals surface area contributed by atoms with Gasteiger partial charge in [0.1, 0.15) is 0 Å². The number of nitrogens with one attached hydrogen (secondary N) is 1. The number of aliphatic carboxylic acids is 1. The summed E-state index contributed by atoms with van der Waals surface area (Å²) in [6.45, 7) is 1.93. The highest BCUT2D eigenvalue weighted by atomic mass is 16.4. The van der Waals surface area contributed by atoms with Crippen molar-refractivity contribution in [3.05, 3.63) is 59.5 Å². The summed E-state index contributed by atoms with van der Waals surface area (Å²) >= 11 is 0. The minimum Gasteiger partial charge on any atom is -0.479 e. The molecule has 122 valence electrons. The maximum absolute atomic E-state index is 12.6. The third-order valence-electron chi connectivity index (χ3n) is 3.81. The number of carboxylic acid groups (broad SMARTS) is 1. The van der Waals surface area contributed by atoms with Gasteiger partial charge >= 0.3 is 5.97 Å². The molecule has 0 saturated heterocycles. The molecular formula is C17H16N4O3. The minimum atomic E-state index is -1.17. The van der Waals surface area contributed by atoms with E-state index in [1.807, 2.05) is 19.1 Å². The van der Waals surface area contributed by atoms with Crippen molar-refractivity contribution in [3.63, 3.8) is 0 Å². The maximum Gasteiger partial charge on any atom is 0.331 e. The van der Waals surface area contributed by atoms with E-state index < -0.39 is 17.9 Å². The average molecular weight is 324 g/mol. The first-order valence-electron chi connectivity index (χ1n) is 7.34. The Bertz CT molecular complexity index is 932. The van der Waals surface area contributed by atoms with Crippen LogP contribution >= 0.6 is 0 Å². The molecule has 0 aliphatic carbocycles. The quantitative estimate of drug-likeness (QED) is 0.763. The summed E-state index contributed by atoms with van der Waals surface area (Å²) in [6.07, 6.45) is 4.59. The number of hydrogen-bond donors (Lipinski definition) is 2. The predicted octanol–water partition coefficient (Wildman–Crippen LogP) is 1.83. The predicted molar refractivity (Wildman–Crippen MR) is 87.5 cm³/mol. The number of pyridine rings is 1. The van der Waals surface area contributed by atoms with Crippen molar-refractivity contribution in [1.29, 1.82) is 0 Å². The van der Waals surface area contributed by atoms with Gasteiger partial charge < -0.3 is 10.4 Å². The number of fused-ring (bicyclic) bond motifs is 1. The van der Waals surface area contributed by atoms with Crippen molar-refractivity contribution in [2.45, 2.75) is 13.0 Å². The van der Waals surface area contributed by atoms with E-state index in [1.165, 1.54) is 10.9 Å². The Morgan fingerprint density at radius 1 is 1.29 bits per heavy atom. The van der Waals surface area contributed by atoms with Gasteiger partial charge in [-0.15, -0.1) is 0 Å². The Morgan fingerprint density at radius 3 is 2.75 bits per heavy atom. The lowest BCUT2D eigenvalue weighted by molar-refractivity contribution is -0.139. The van der Waals surface area contributed by atoms with Gasteiger partial charge in [0.05, 0.1) is 17.3 Å². The Balaban J connectivity index is 1.97. The van der Waals surface area contributed by atoms with Crippen LogP contribution in [0.4, 0.5) is 0 Å². The van der Waals surface area contributed by atoms with E-state index in [1.54, 1.807) is 31.6 Å². The van der Waals surface area contributed by atoms with Crippen LogP contribution in [-0.4, -0.2) is 31.7 Å². The topological polar surface area (TPSA) is 97.1 Å². The molecule has 0 bridgehead atoms. The van der Waals surface area contributed by atoms with Crippen LogP contribution in [0.25, 0.3) is 10.9 Å². The number of aryl methyl sites for hydroxylation is 2. The fourth-order valence-electron chi connectivity index (χ4n) is 2.58. The van der Waals surface area contributed by atoms with Crippen LogP contribution in [0.5, 0.6) is 0 Å². The fourth-order valence-corrected chi connectivity index (χ4v) is 2.58. The lowest BCUT2D eigenvalue weighted by Crippen LogP contribution is -2.33. The van der Waals surface area contributed by atoms with E-state index in [9.17, 15) is 14.7 Å². The van der Waals surface area contributed by atoms with Crippen molar-refractivity contribution >= 4 is 22.8 Å². The number of aromatic nitrogens is 3. The molecule has 7 nitrogen and oxygen atoms in total. The lowest BCUT2D eigenvalue weighted by atomic mass is 10.0. The summed E-state index contributed by atoms with van der Waals surface area (Å²) in [5.41, 5.74) is 2.29. The second-order valence-electron chi connectivity index (χ2n) is 5.52. The van der Waals surface area contributed by atoms with E-state index in [0.29, 0.717) is 16.6 Å². The molecular weight excluding hydrogens is 308 g/mol. The van der Waals surface area contributed by atoms with Gasteiger partial charge in [-0.2, -0.15) is 5.10 Å². The second-order valence-corrected chi connectivity index (χ2v) is 5.52. The Labute approximate surface area is 137 Å². The third-order valence-corrected chi connectivity index (χ3v) is 3.81. The van der Waals surface area contributed by atoms with Crippen LogP contribution in [0.2, 0.25) is 0 Å². The molecule has 0 spiro atoms. The van der Waals surface area contributed by atoms with Gasteiger partial charge in [0.15, 0.2) is 6.04 Å². The zero-order chi connectivity index (χ0) is 17.3. The molecule has 2 aromatic heterocycles. The summed E-state index contributed by atoms with van der Waals surface area (Å²) in [5, 5.41) is 16.8. The number of benzene rings is 1. The third kappa shape index (κ3) is 2.83.